The molecule has 1 aromatic heterocycles. The van der Waals surface area contributed by atoms with Crippen LogP contribution in [0.15, 0.2) is 46.7 Å². The lowest BCUT2D eigenvalue weighted by atomic mass is 10.0. The summed E-state index contributed by atoms with van der Waals surface area (Å²) in [5.74, 6) is -0.669. The second-order valence-corrected chi connectivity index (χ2v) is 4.34. The molecule has 0 aliphatic rings. The van der Waals surface area contributed by atoms with Gasteiger partial charge in [0.05, 0.1) is 0 Å². The van der Waals surface area contributed by atoms with Crippen molar-refractivity contribution in [3.05, 3.63) is 63.6 Å². The van der Waals surface area contributed by atoms with Gasteiger partial charge in [-0.1, -0.05) is 12.1 Å². The Morgan fingerprint density at radius 2 is 2.00 bits per heavy atom. The van der Waals surface area contributed by atoms with Crippen molar-refractivity contribution in [2.24, 2.45) is 0 Å². The fourth-order valence-electron chi connectivity index (χ4n) is 1.42. The second-order valence-electron chi connectivity index (χ2n) is 3.56. The molecule has 0 saturated heterocycles. The van der Waals surface area contributed by atoms with Gasteiger partial charge in [-0.25, -0.2) is 4.39 Å². The molecule has 88 valence electrons. The minimum absolute atomic E-state index is 0.0417. The summed E-state index contributed by atoms with van der Waals surface area (Å²) in [6.45, 7) is 0. The number of carbonyl (C=O) groups excluding carboxylic acids is 1. The molecule has 0 aliphatic heterocycles. The number of benzene rings is 1. The first-order valence-electron chi connectivity index (χ1n) is 5.15. The summed E-state index contributed by atoms with van der Waals surface area (Å²) in [6, 6.07) is 9.16. The third kappa shape index (κ3) is 2.70. The molecule has 1 aromatic carbocycles. The first-order valence-corrected chi connectivity index (χ1v) is 6.09. The highest BCUT2D eigenvalue weighted by Gasteiger charge is 2.12. The van der Waals surface area contributed by atoms with Crippen molar-refractivity contribution >= 4 is 23.2 Å². The van der Waals surface area contributed by atoms with Crippen molar-refractivity contribution in [2.75, 3.05) is 0 Å². The van der Waals surface area contributed by atoms with Gasteiger partial charge < -0.3 is 0 Å². The van der Waals surface area contributed by atoms with Gasteiger partial charge >= 0.3 is 0 Å². The van der Waals surface area contributed by atoms with Crippen LogP contribution in [0.5, 0.6) is 0 Å². The van der Waals surface area contributed by atoms with Crippen LogP contribution in [0.1, 0.15) is 15.9 Å². The minimum atomic E-state index is -0.352. The Hall–Kier alpha value is -2.25. The monoisotopic (exact) mass is 257 g/mol. The van der Waals surface area contributed by atoms with E-state index in [0.29, 0.717) is 11.1 Å². The molecule has 0 spiro atoms. The summed E-state index contributed by atoms with van der Waals surface area (Å²) >= 11 is 1.40. The number of nitriles is 1. The molecule has 18 heavy (non-hydrogen) atoms. The fourth-order valence-corrected chi connectivity index (χ4v) is 2.06. The summed E-state index contributed by atoms with van der Waals surface area (Å²) in [7, 11) is 0. The number of hydrogen-bond acceptors (Lipinski definition) is 3. The molecule has 2 rings (SSSR count). The quantitative estimate of drug-likeness (QED) is 0.478. The minimum Gasteiger partial charge on any atom is -0.288 e. The maximum absolute atomic E-state index is 12.7. The highest BCUT2D eigenvalue weighted by Crippen LogP contribution is 2.15. The fraction of sp³-hybridized carbons (Fsp3) is 0. The molecule has 0 bridgehead atoms. The predicted molar refractivity (Wildman–Crippen MR) is 68.6 cm³/mol. The van der Waals surface area contributed by atoms with Gasteiger partial charge in [-0.2, -0.15) is 16.6 Å². The molecule has 0 atom stereocenters. The number of thiophene rings is 1. The van der Waals surface area contributed by atoms with E-state index in [2.05, 4.69) is 0 Å². The first kappa shape index (κ1) is 12.2. The Balaban J connectivity index is 2.32. The standard InChI is InChI=1S/C14H8FNOS/c15-13-3-1-10(2-4-13)7-12(8-16)14(17)11-5-6-18-9-11/h1-7,9H. The zero-order valence-corrected chi connectivity index (χ0v) is 10.1. The number of carbonyl (C=O) groups is 1. The van der Waals surface area contributed by atoms with Crippen LogP contribution in [0.25, 0.3) is 6.08 Å². The number of hydrogen-bond donors (Lipinski definition) is 0. The summed E-state index contributed by atoms with van der Waals surface area (Å²) in [5.41, 5.74) is 1.16. The number of Topliss-reactive ketones (excluding diaryl/α,β-unsaturated/α-hetero) is 1. The number of halogens is 1. The molecular weight excluding hydrogens is 249 g/mol. The van der Waals surface area contributed by atoms with Gasteiger partial charge in [0, 0.05) is 10.9 Å². The van der Waals surface area contributed by atoms with Crippen LogP contribution in [0.2, 0.25) is 0 Å². The molecule has 2 nitrogen and oxygen atoms in total. The topological polar surface area (TPSA) is 40.9 Å². The molecule has 0 radical (unpaired) electrons. The molecule has 0 unspecified atom stereocenters. The zero-order chi connectivity index (χ0) is 13.0. The van der Waals surface area contributed by atoms with E-state index in [1.807, 2.05) is 6.07 Å². The smallest absolute Gasteiger partial charge is 0.204 e. The first-order chi connectivity index (χ1) is 8.70. The average molecular weight is 257 g/mol. The molecule has 4 heteroatoms. The van der Waals surface area contributed by atoms with Gasteiger partial charge in [0.15, 0.2) is 0 Å². The molecule has 0 N–H and O–H groups in total. The highest BCUT2D eigenvalue weighted by atomic mass is 32.1. The molecule has 0 amide bonds. The Labute approximate surface area is 108 Å². The lowest BCUT2D eigenvalue weighted by Gasteiger charge is -1.97. The maximum Gasteiger partial charge on any atom is 0.204 e. The van der Waals surface area contributed by atoms with Crippen LogP contribution in [-0.2, 0) is 0 Å². The van der Waals surface area contributed by atoms with E-state index < -0.39 is 0 Å². The number of allylic oxidation sites excluding steroid dienone is 1. The number of rotatable bonds is 3. The molecule has 0 saturated carbocycles. The van der Waals surface area contributed by atoms with Gasteiger partial charge in [-0.15, -0.1) is 0 Å². The molecule has 0 fully saturated rings. The summed E-state index contributed by atoms with van der Waals surface area (Å²) in [4.78, 5) is 12.0. The normalized spacial score (nSPS) is 11.0. The van der Waals surface area contributed by atoms with Crippen molar-refractivity contribution in [1.82, 2.24) is 0 Å². The van der Waals surface area contributed by atoms with Crippen LogP contribution < -0.4 is 0 Å². The second kappa shape index (κ2) is 5.39. The largest absolute Gasteiger partial charge is 0.288 e. The molecule has 0 aliphatic carbocycles. The van der Waals surface area contributed by atoms with E-state index >= 15 is 0 Å². The van der Waals surface area contributed by atoms with E-state index in [0.717, 1.165) is 0 Å². The van der Waals surface area contributed by atoms with E-state index in [9.17, 15) is 9.18 Å². The maximum atomic E-state index is 12.7. The van der Waals surface area contributed by atoms with Gasteiger partial charge in [-0.05, 0) is 35.2 Å². The van der Waals surface area contributed by atoms with Crippen LogP contribution in [0.4, 0.5) is 4.39 Å². The van der Waals surface area contributed by atoms with Gasteiger partial charge in [0.2, 0.25) is 5.78 Å². The van der Waals surface area contributed by atoms with Crippen LogP contribution in [0.3, 0.4) is 0 Å². The van der Waals surface area contributed by atoms with Gasteiger partial charge in [0.25, 0.3) is 0 Å². The Morgan fingerprint density at radius 1 is 1.28 bits per heavy atom. The van der Waals surface area contributed by atoms with Gasteiger partial charge in [-0.3, -0.25) is 4.79 Å². The van der Waals surface area contributed by atoms with Crippen molar-refractivity contribution in [2.45, 2.75) is 0 Å². The number of ketones is 1. The van der Waals surface area contributed by atoms with Crippen LogP contribution in [0, 0.1) is 17.1 Å². The summed E-state index contributed by atoms with van der Waals surface area (Å²) in [5, 5.41) is 12.5. The van der Waals surface area contributed by atoms with Crippen LogP contribution in [-0.4, -0.2) is 5.78 Å². The van der Waals surface area contributed by atoms with Crippen molar-refractivity contribution in [1.29, 1.82) is 5.26 Å². The average Bonchev–Trinajstić information content (AvgIpc) is 2.91. The SMILES string of the molecule is N#CC(=Cc1ccc(F)cc1)C(=O)c1ccsc1. The predicted octanol–water partition coefficient (Wildman–Crippen LogP) is 3.68. The van der Waals surface area contributed by atoms with E-state index in [1.165, 1.54) is 41.7 Å². The molecular formula is C14H8FNOS. The molecule has 2 aromatic rings. The lowest BCUT2D eigenvalue weighted by molar-refractivity contribution is 0.104. The Morgan fingerprint density at radius 3 is 2.56 bits per heavy atom. The number of nitrogens with zero attached hydrogens (tertiary/aromatic N) is 1. The summed E-state index contributed by atoms with van der Waals surface area (Å²) < 4.78 is 12.7. The van der Waals surface area contributed by atoms with E-state index in [1.54, 1.807) is 16.8 Å². The highest BCUT2D eigenvalue weighted by molar-refractivity contribution is 7.08. The van der Waals surface area contributed by atoms with Crippen molar-refractivity contribution < 1.29 is 9.18 Å². The Kier molecular flexibility index (Phi) is 3.66. The van der Waals surface area contributed by atoms with Crippen LogP contribution >= 0.6 is 11.3 Å². The van der Waals surface area contributed by atoms with Crippen molar-refractivity contribution in [3.8, 4) is 6.07 Å². The van der Waals surface area contributed by atoms with E-state index in [4.69, 9.17) is 5.26 Å². The Bertz CT molecular complexity index is 621. The summed E-state index contributed by atoms with van der Waals surface area (Å²) in [6.07, 6.45) is 1.46. The van der Waals surface area contributed by atoms with Gasteiger partial charge in [0.1, 0.15) is 17.5 Å². The third-order valence-electron chi connectivity index (χ3n) is 2.33. The zero-order valence-electron chi connectivity index (χ0n) is 9.26. The lowest BCUT2D eigenvalue weighted by Crippen LogP contribution is -1.99. The van der Waals surface area contributed by atoms with E-state index in [-0.39, 0.29) is 17.2 Å². The molecule has 1 heterocycles. The van der Waals surface area contributed by atoms with Crippen molar-refractivity contribution in [3.63, 3.8) is 0 Å². The third-order valence-corrected chi connectivity index (χ3v) is 3.01.